The second-order valence-corrected chi connectivity index (χ2v) is 5.86. The Bertz CT molecular complexity index is 498. The Morgan fingerprint density at radius 2 is 1.91 bits per heavy atom. The van der Waals surface area contributed by atoms with Crippen LogP contribution in [0.3, 0.4) is 0 Å². The molecule has 124 valence electrons. The van der Waals surface area contributed by atoms with E-state index in [2.05, 4.69) is 15.0 Å². The minimum absolute atomic E-state index is 0. The van der Waals surface area contributed by atoms with E-state index in [0.29, 0.717) is 18.0 Å². The van der Waals surface area contributed by atoms with Gasteiger partial charge >= 0.3 is 6.36 Å². The standard InChI is InChI=1S/C15H19F3N2O.ClH/c16-15(17,18)21-14-4-2-1-3-12(14)9-20-6-5-11-7-19-8-13(11)10-20;/h1-4,11,13,19H,5-10H2;1H. The Morgan fingerprint density at radius 3 is 2.68 bits per heavy atom. The second-order valence-electron chi connectivity index (χ2n) is 5.86. The van der Waals surface area contributed by atoms with Crippen LogP contribution in [0.1, 0.15) is 12.0 Å². The van der Waals surface area contributed by atoms with Crippen molar-refractivity contribution in [2.45, 2.75) is 19.3 Å². The number of halogens is 4. The molecule has 22 heavy (non-hydrogen) atoms. The molecule has 1 aromatic carbocycles. The highest BCUT2D eigenvalue weighted by Gasteiger charge is 2.34. The van der Waals surface area contributed by atoms with Crippen LogP contribution in [0.15, 0.2) is 24.3 Å². The Hall–Kier alpha value is -0.980. The van der Waals surface area contributed by atoms with Crippen LogP contribution in [0.4, 0.5) is 13.2 Å². The van der Waals surface area contributed by atoms with Crippen molar-refractivity contribution in [3.8, 4) is 5.75 Å². The lowest BCUT2D eigenvalue weighted by Crippen LogP contribution is -2.39. The van der Waals surface area contributed by atoms with E-state index in [-0.39, 0.29) is 18.2 Å². The number of rotatable bonds is 3. The summed E-state index contributed by atoms with van der Waals surface area (Å²) in [6, 6.07) is 6.41. The van der Waals surface area contributed by atoms with E-state index in [0.717, 1.165) is 38.5 Å². The summed E-state index contributed by atoms with van der Waals surface area (Å²) in [5.41, 5.74) is 0.597. The zero-order valence-electron chi connectivity index (χ0n) is 12.1. The molecular formula is C15H20ClF3N2O. The Balaban J connectivity index is 0.00000176. The summed E-state index contributed by atoms with van der Waals surface area (Å²) in [7, 11) is 0. The lowest BCUT2D eigenvalue weighted by Gasteiger charge is -2.34. The molecule has 3 rings (SSSR count). The van der Waals surface area contributed by atoms with Crippen LogP contribution >= 0.6 is 12.4 Å². The zero-order valence-corrected chi connectivity index (χ0v) is 12.9. The average Bonchev–Trinajstić information content (AvgIpc) is 2.87. The van der Waals surface area contributed by atoms with Crippen LogP contribution in [0.5, 0.6) is 5.75 Å². The third-order valence-corrected chi connectivity index (χ3v) is 4.38. The largest absolute Gasteiger partial charge is 0.573 e. The summed E-state index contributed by atoms with van der Waals surface area (Å²) in [6.07, 6.45) is -3.53. The molecule has 0 saturated carbocycles. The molecule has 2 saturated heterocycles. The number of benzene rings is 1. The molecule has 0 radical (unpaired) electrons. The van der Waals surface area contributed by atoms with Gasteiger partial charge in [0, 0.05) is 18.7 Å². The molecule has 2 unspecified atom stereocenters. The summed E-state index contributed by atoms with van der Waals surface area (Å²) in [5.74, 6) is 1.26. The third kappa shape index (κ3) is 4.27. The van der Waals surface area contributed by atoms with E-state index in [9.17, 15) is 13.2 Å². The van der Waals surface area contributed by atoms with Crippen LogP contribution < -0.4 is 10.1 Å². The van der Waals surface area contributed by atoms with Crippen LogP contribution in [0, 0.1) is 11.8 Å². The number of para-hydroxylation sites is 1. The van der Waals surface area contributed by atoms with Crippen molar-refractivity contribution in [1.29, 1.82) is 0 Å². The maximum atomic E-state index is 12.4. The predicted molar refractivity (Wildman–Crippen MR) is 80.1 cm³/mol. The number of hydrogen-bond acceptors (Lipinski definition) is 3. The zero-order chi connectivity index (χ0) is 14.9. The Morgan fingerprint density at radius 1 is 1.18 bits per heavy atom. The lowest BCUT2D eigenvalue weighted by atomic mass is 9.88. The fraction of sp³-hybridized carbons (Fsp3) is 0.600. The van der Waals surface area contributed by atoms with Crippen molar-refractivity contribution in [2.75, 3.05) is 26.2 Å². The lowest BCUT2D eigenvalue weighted by molar-refractivity contribution is -0.275. The molecule has 0 amide bonds. The SMILES string of the molecule is Cl.FC(F)(F)Oc1ccccc1CN1CCC2CNCC2C1. The summed E-state index contributed by atoms with van der Waals surface area (Å²) in [6.45, 7) is 4.48. The van der Waals surface area contributed by atoms with Gasteiger partial charge in [0.2, 0.25) is 0 Å². The van der Waals surface area contributed by atoms with Crippen LogP contribution in [0.2, 0.25) is 0 Å². The highest BCUT2D eigenvalue weighted by Crippen LogP contribution is 2.30. The molecule has 0 aromatic heterocycles. The number of piperidine rings is 1. The maximum Gasteiger partial charge on any atom is 0.573 e. The van der Waals surface area contributed by atoms with Crippen molar-refractivity contribution in [1.82, 2.24) is 10.2 Å². The molecule has 2 aliphatic rings. The van der Waals surface area contributed by atoms with Gasteiger partial charge in [-0.05, 0) is 44.0 Å². The van der Waals surface area contributed by atoms with Gasteiger partial charge in [-0.15, -0.1) is 25.6 Å². The number of nitrogens with zero attached hydrogens (tertiary/aromatic N) is 1. The summed E-state index contributed by atoms with van der Waals surface area (Å²) >= 11 is 0. The number of likely N-dealkylation sites (tertiary alicyclic amines) is 1. The Kier molecular flexibility index (Phi) is 5.58. The number of fused-ring (bicyclic) bond motifs is 1. The van der Waals surface area contributed by atoms with Crippen LogP contribution in [-0.2, 0) is 6.54 Å². The first kappa shape index (κ1) is 17.4. The number of ether oxygens (including phenoxy) is 1. The van der Waals surface area contributed by atoms with Gasteiger partial charge in [-0.25, -0.2) is 0 Å². The first-order valence-electron chi connectivity index (χ1n) is 7.28. The first-order chi connectivity index (χ1) is 10.0. The minimum atomic E-state index is -4.64. The van der Waals surface area contributed by atoms with Gasteiger partial charge < -0.3 is 10.1 Å². The quantitative estimate of drug-likeness (QED) is 0.918. The van der Waals surface area contributed by atoms with E-state index in [1.807, 2.05) is 0 Å². The van der Waals surface area contributed by atoms with Crippen LogP contribution in [-0.4, -0.2) is 37.4 Å². The van der Waals surface area contributed by atoms with Gasteiger partial charge in [0.1, 0.15) is 5.75 Å². The van der Waals surface area contributed by atoms with Gasteiger partial charge in [0.05, 0.1) is 0 Å². The van der Waals surface area contributed by atoms with Crippen molar-refractivity contribution in [3.05, 3.63) is 29.8 Å². The van der Waals surface area contributed by atoms with Gasteiger partial charge in [-0.2, -0.15) is 0 Å². The molecule has 0 bridgehead atoms. The van der Waals surface area contributed by atoms with Gasteiger partial charge in [0.15, 0.2) is 0 Å². The molecule has 0 spiro atoms. The molecule has 1 aromatic rings. The van der Waals surface area contributed by atoms with E-state index in [1.54, 1.807) is 18.2 Å². The molecule has 2 aliphatic heterocycles. The number of hydrogen-bond donors (Lipinski definition) is 1. The van der Waals surface area contributed by atoms with Gasteiger partial charge in [-0.1, -0.05) is 18.2 Å². The monoisotopic (exact) mass is 336 g/mol. The molecule has 2 atom stereocenters. The molecular weight excluding hydrogens is 317 g/mol. The van der Waals surface area contributed by atoms with Crippen molar-refractivity contribution in [2.24, 2.45) is 11.8 Å². The van der Waals surface area contributed by atoms with E-state index in [4.69, 9.17) is 0 Å². The predicted octanol–water partition coefficient (Wildman–Crippen LogP) is 3.05. The molecule has 7 heteroatoms. The van der Waals surface area contributed by atoms with E-state index in [1.165, 1.54) is 6.07 Å². The third-order valence-electron chi connectivity index (χ3n) is 4.38. The molecule has 2 fully saturated rings. The molecule has 0 aliphatic carbocycles. The Labute approximate surface area is 134 Å². The smallest absolute Gasteiger partial charge is 0.405 e. The normalized spacial score (nSPS) is 25.4. The van der Waals surface area contributed by atoms with E-state index >= 15 is 0 Å². The van der Waals surface area contributed by atoms with Gasteiger partial charge in [-0.3, -0.25) is 4.90 Å². The van der Waals surface area contributed by atoms with Crippen molar-refractivity contribution < 1.29 is 17.9 Å². The maximum absolute atomic E-state index is 12.4. The fourth-order valence-electron chi connectivity index (χ4n) is 3.35. The summed E-state index contributed by atoms with van der Waals surface area (Å²) < 4.78 is 41.4. The van der Waals surface area contributed by atoms with E-state index < -0.39 is 6.36 Å². The van der Waals surface area contributed by atoms with Gasteiger partial charge in [0.25, 0.3) is 0 Å². The van der Waals surface area contributed by atoms with Crippen molar-refractivity contribution >= 4 is 12.4 Å². The minimum Gasteiger partial charge on any atom is -0.405 e. The average molecular weight is 337 g/mol. The van der Waals surface area contributed by atoms with Crippen molar-refractivity contribution in [3.63, 3.8) is 0 Å². The second kappa shape index (κ2) is 7.06. The highest BCUT2D eigenvalue weighted by atomic mass is 35.5. The van der Waals surface area contributed by atoms with Crippen LogP contribution in [0.25, 0.3) is 0 Å². The molecule has 3 nitrogen and oxygen atoms in total. The first-order valence-corrected chi connectivity index (χ1v) is 7.28. The topological polar surface area (TPSA) is 24.5 Å². The number of nitrogens with one attached hydrogen (secondary N) is 1. The fourth-order valence-corrected chi connectivity index (χ4v) is 3.35. The summed E-state index contributed by atoms with van der Waals surface area (Å²) in [5, 5.41) is 3.39. The highest BCUT2D eigenvalue weighted by molar-refractivity contribution is 5.85. The molecule has 2 heterocycles. The summed E-state index contributed by atoms with van der Waals surface area (Å²) in [4.78, 5) is 2.23. The number of alkyl halides is 3. The molecule has 1 N–H and O–H groups in total.